The smallest absolute Gasteiger partial charge is 0.0992 e. The second kappa shape index (κ2) is 8.30. The van der Waals surface area contributed by atoms with Crippen molar-refractivity contribution in [1.82, 2.24) is 9.55 Å². The molecule has 162 valence electrons. The van der Waals surface area contributed by atoms with Gasteiger partial charge in [-0.1, -0.05) is 54.6 Å². The molecule has 0 fully saturated rings. The molecule has 6 aromatic rings. The normalized spacial score (nSPS) is 10.8. The number of aromatic nitrogens is 2. The number of benzene rings is 4. The van der Waals surface area contributed by atoms with Crippen molar-refractivity contribution in [2.24, 2.45) is 0 Å². The summed E-state index contributed by atoms with van der Waals surface area (Å²) in [7, 11) is 0. The van der Waals surface area contributed by atoms with E-state index in [9.17, 15) is 10.5 Å². The van der Waals surface area contributed by atoms with Gasteiger partial charge in [-0.25, -0.2) is 0 Å². The summed E-state index contributed by atoms with van der Waals surface area (Å²) < 4.78 is 2.24. The number of nitrogens with zero attached hydrogens (tertiary/aromatic N) is 4. The molecule has 0 radical (unpaired) electrons. The van der Waals surface area contributed by atoms with E-state index in [-0.39, 0.29) is 0 Å². The van der Waals surface area contributed by atoms with Gasteiger partial charge in [0.25, 0.3) is 0 Å². The van der Waals surface area contributed by atoms with Gasteiger partial charge in [0, 0.05) is 28.2 Å². The van der Waals surface area contributed by atoms with Crippen molar-refractivity contribution in [2.45, 2.75) is 0 Å². The first-order chi connectivity index (χ1) is 17.3. The van der Waals surface area contributed by atoms with E-state index in [4.69, 9.17) is 0 Å². The van der Waals surface area contributed by atoms with Crippen molar-refractivity contribution >= 4 is 21.8 Å². The summed E-state index contributed by atoms with van der Waals surface area (Å²) >= 11 is 0. The molecule has 4 nitrogen and oxygen atoms in total. The highest BCUT2D eigenvalue weighted by atomic mass is 15.0. The van der Waals surface area contributed by atoms with Crippen LogP contribution in [-0.2, 0) is 0 Å². The molecule has 6 rings (SSSR count). The van der Waals surface area contributed by atoms with Crippen LogP contribution in [0.25, 0.3) is 49.9 Å². The molecule has 0 aliphatic carbocycles. The number of hydrogen-bond acceptors (Lipinski definition) is 3. The molecule has 0 saturated heterocycles. The van der Waals surface area contributed by atoms with Crippen LogP contribution >= 0.6 is 0 Å². The minimum absolute atomic E-state index is 0.584. The van der Waals surface area contributed by atoms with E-state index in [1.807, 2.05) is 54.6 Å². The van der Waals surface area contributed by atoms with E-state index in [1.54, 1.807) is 12.3 Å². The minimum Gasteiger partial charge on any atom is -0.309 e. The zero-order chi connectivity index (χ0) is 23.8. The summed E-state index contributed by atoms with van der Waals surface area (Å²) in [4.78, 5) is 4.53. The van der Waals surface area contributed by atoms with Gasteiger partial charge < -0.3 is 4.57 Å². The molecule has 0 N–H and O–H groups in total. The first kappa shape index (κ1) is 20.4. The molecule has 0 spiro atoms. The number of fused-ring (bicyclic) bond motifs is 3. The number of rotatable bonds is 3. The molecule has 4 aromatic carbocycles. The van der Waals surface area contributed by atoms with Gasteiger partial charge in [0.05, 0.1) is 40.0 Å². The Bertz CT molecular complexity index is 1830. The van der Waals surface area contributed by atoms with Crippen LogP contribution in [0.4, 0.5) is 0 Å². The molecule has 0 amide bonds. The maximum atomic E-state index is 9.43. The summed E-state index contributed by atoms with van der Waals surface area (Å²) in [5.41, 5.74) is 8.26. The standard InChI is InChI=1S/C31H18N4/c32-19-21-12-13-31-28(16-21)27-10-3-4-11-30(27)35(31)24-7-5-6-23(18-24)25-8-1-2-9-26(25)29-17-22(20-33)14-15-34-29/h1-18H. The largest absolute Gasteiger partial charge is 0.309 e. The quantitative estimate of drug-likeness (QED) is 0.287. The highest BCUT2D eigenvalue weighted by Crippen LogP contribution is 2.36. The number of nitriles is 2. The lowest BCUT2D eigenvalue weighted by Gasteiger charge is -2.13. The van der Waals surface area contributed by atoms with Crippen molar-refractivity contribution in [3.8, 4) is 40.2 Å². The van der Waals surface area contributed by atoms with E-state index in [1.165, 1.54) is 0 Å². The van der Waals surface area contributed by atoms with Gasteiger partial charge in [0.2, 0.25) is 0 Å². The summed E-state index contributed by atoms with van der Waals surface area (Å²) in [6.07, 6.45) is 1.68. The minimum atomic E-state index is 0.584. The molecule has 35 heavy (non-hydrogen) atoms. The van der Waals surface area contributed by atoms with Crippen LogP contribution in [0.2, 0.25) is 0 Å². The van der Waals surface area contributed by atoms with Gasteiger partial charge in [-0.05, 0) is 59.7 Å². The highest BCUT2D eigenvalue weighted by Gasteiger charge is 2.14. The van der Waals surface area contributed by atoms with Crippen molar-refractivity contribution in [2.75, 3.05) is 0 Å². The van der Waals surface area contributed by atoms with Crippen LogP contribution < -0.4 is 0 Å². The third kappa shape index (κ3) is 3.42. The van der Waals surface area contributed by atoms with E-state index in [0.717, 1.165) is 49.9 Å². The van der Waals surface area contributed by atoms with Gasteiger partial charge >= 0.3 is 0 Å². The highest BCUT2D eigenvalue weighted by molar-refractivity contribution is 6.09. The molecule has 0 aliphatic heterocycles. The van der Waals surface area contributed by atoms with E-state index in [2.05, 4.69) is 64.2 Å². The molecule has 0 unspecified atom stereocenters. The van der Waals surface area contributed by atoms with Gasteiger partial charge in [-0.3, -0.25) is 4.98 Å². The SMILES string of the molecule is N#Cc1ccnc(-c2ccccc2-c2cccc(-n3c4ccccc4c4cc(C#N)ccc43)c2)c1. The molecule has 2 aromatic heterocycles. The Balaban J connectivity index is 1.57. The Morgan fingerprint density at radius 3 is 2.20 bits per heavy atom. The fourth-order valence-corrected chi connectivity index (χ4v) is 4.74. The Morgan fingerprint density at radius 2 is 1.34 bits per heavy atom. The van der Waals surface area contributed by atoms with E-state index >= 15 is 0 Å². The fraction of sp³-hybridized carbons (Fsp3) is 0. The zero-order valence-corrected chi connectivity index (χ0v) is 18.7. The summed E-state index contributed by atoms with van der Waals surface area (Å²) in [5.74, 6) is 0. The molecular weight excluding hydrogens is 428 g/mol. The predicted molar refractivity (Wildman–Crippen MR) is 139 cm³/mol. The average Bonchev–Trinajstić information content (AvgIpc) is 3.27. The van der Waals surface area contributed by atoms with Crippen molar-refractivity contribution in [3.63, 3.8) is 0 Å². The summed E-state index contributed by atoms with van der Waals surface area (Å²) in [6, 6.07) is 38.7. The molecule has 2 heterocycles. The van der Waals surface area contributed by atoms with Gasteiger partial charge in [-0.15, -0.1) is 0 Å². The Kier molecular flexibility index (Phi) is 4.84. The first-order valence-electron chi connectivity index (χ1n) is 11.3. The van der Waals surface area contributed by atoms with Gasteiger partial charge in [0.15, 0.2) is 0 Å². The predicted octanol–water partition coefficient (Wildman–Crippen LogP) is 7.26. The van der Waals surface area contributed by atoms with E-state index < -0.39 is 0 Å². The lowest BCUT2D eigenvalue weighted by atomic mass is 9.96. The lowest BCUT2D eigenvalue weighted by molar-refractivity contribution is 1.18. The van der Waals surface area contributed by atoms with Crippen LogP contribution in [0.5, 0.6) is 0 Å². The van der Waals surface area contributed by atoms with Crippen LogP contribution in [0.15, 0.2) is 109 Å². The van der Waals surface area contributed by atoms with Gasteiger partial charge in [0.1, 0.15) is 0 Å². The van der Waals surface area contributed by atoms with Crippen molar-refractivity contribution in [1.29, 1.82) is 10.5 Å². The van der Waals surface area contributed by atoms with Crippen LogP contribution in [0, 0.1) is 22.7 Å². The first-order valence-corrected chi connectivity index (χ1v) is 11.3. The Hall–Kier alpha value is -5.19. The number of pyridine rings is 1. The van der Waals surface area contributed by atoms with Crippen LogP contribution in [-0.4, -0.2) is 9.55 Å². The van der Waals surface area contributed by atoms with Crippen LogP contribution in [0.3, 0.4) is 0 Å². The summed E-state index contributed by atoms with van der Waals surface area (Å²) in [5, 5.41) is 20.9. The molecular formula is C31H18N4. The van der Waals surface area contributed by atoms with Crippen LogP contribution in [0.1, 0.15) is 11.1 Å². The molecule has 0 aliphatic rings. The number of para-hydroxylation sites is 1. The second-order valence-corrected chi connectivity index (χ2v) is 8.33. The Labute approximate surface area is 202 Å². The molecule has 0 bridgehead atoms. The van der Waals surface area contributed by atoms with E-state index in [0.29, 0.717) is 11.1 Å². The maximum absolute atomic E-state index is 9.43. The lowest BCUT2D eigenvalue weighted by Crippen LogP contribution is -1.95. The molecule has 0 saturated carbocycles. The average molecular weight is 447 g/mol. The maximum Gasteiger partial charge on any atom is 0.0992 e. The molecule has 0 atom stereocenters. The molecule has 4 heteroatoms. The fourth-order valence-electron chi connectivity index (χ4n) is 4.74. The van der Waals surface area contributed by atoms with Gasteiger partial charge in [-0.2, -0.15) is 10.5 Å². The topological polar surface area (TPSA) is 65.4 Å². The van der Waals surface area contributed by atoms with Crippen molar-refractivity contribution < 1.29 is 0 Å². The van der Waals surface area contributed by atoms with Crippen molar-refractivity contribution in [3.05, 3.63) is 120 Å². The third-order valence-electron chi connectivity index (χ3n) is 6.31. The zero-order valence-electron chi connectivity index (χ0n) is 18.7. The summed E-state index contributed by atoms with van der Waals surface area (Å²) in [6.45, 7) is 0. The number of hydrogen-bond donors (Lipinski definition) is 0. The second-order valence-electron chi connectivity index (χ2n) is 8.33. The third-order valence-corrected chi connectivity index (χ3v) is 6.31. The Morgan fingerprint density at radius 1 is 0.600 bits per heavy atom. The monoisotopic (exact) mass is 446 g/mol.